The summed E-state index contributed by atoms with van der Waals surface area (Å²) in [6.07, 6.45) is -5.76. The van der Waals surface area contributed by atoms with Gasteiger partial charge in [-0.15, -0.1) is 0 Å². The first kappa shape index (κ1) is 64.0. The first-order valence-electron chi connectivity index (χ1n) is 24.0. The zero-order valence-corrected chi connectivity index (χ0v) is 45.5. The molecule has 0 saturated heterocycles. The predicted molar refractivity (Wildman–Crippen MR) is 260 cm³/mol. The topological polar surface area (TPSA) is 184 Å². The van der Waals surface area contributed by atoms with E-state index in [2.05, 4.69) is 38.0 Å². The number of methoxy groups -OCH3 is 1. The Morgan fingerprint density at radius 2 is 0.945 bits per heavy atom. The molecule has 12 nitrogen and oxygen atoms in total. The van der Waals surface area contributed by atoms with Crippen LogP contribution in [0.1, 0.15) is 149 Å². The second-order valence-corrected chi connectivity index (χ2v) is 18.0. The number of aliphatic hydroxyl groups is 1. The third-order valence-electron chi connectivity index (χ3n) is 11.3. The molecule has 0 amide bonds. The Hall–Kier alpha value is -5.14. The van der Waals surface area contributed by atoms with Gasteiger partial charge in [0.1, 0.15) is 11.5 Å². The molecule has 4 aromatic carbocycles. The number of hydrogen-bond donors (Lipinski definition) is 2. The number of aliphatic carboxylic acids is 1. The number of carboxylic acids is 1. The van der Waals surface area contributed by atoms with Gasteiger partial charge in [-0.3, -0.25) is 0 Å². The molecule has 0 aliphatic carbocycles. The number of aryl methyl sites for hydroxylation is 4. The van der Waals surface area contributed by atoms with Crippen molar-refractivity contribution in [1.82, 2.24) is 10.3 Å². The van der Waals surface area contributed by atoms with E-state index < -0.39 is 47.9 Å². The zero-order chi connectivity index (χ0) is 52.8. The maximum Gasteiger partial charge on any atom is 1.00 e. The Morgan fingerprint density at radius 3 is 1.25 bits per heavy atom. The molecule has 0 spiro atoms. The van der Waals surface area contributed by atoms with Crippen molar-refractivity contribution in [1.29, 1.82) is 0 Å². The standard InChI is InChI=1S/C27H32F3NO4.C26H30F3NO4.CH4O.Na.H2O/c1-6-8-19-15-21-24(35-31-25(21)27(28,29)30)20(9-7-2)22(19)34-23(26(32)33-5)18-12-10-17(11-13-18)14-16(3)4;1-5-7-18-14-20-23(34-30-24(20)26(27,28)29)19(8-6-2)21(18)33-22(25(31)32)17-11-9-16(10-12-17)13-15(3)4;1-2;;/h10-13,15-16,23H,6-9,14H2,1-5H3;9-12,14-15,22H,5-8,13H2,1-4H3,(H,31,32);2H,1H3;;1H2/q;;;+1;/p-1. The van der Waals surface area contributed by atoms with E-state index in [1.807, 2.05) is 64.1 Å². The van der Waals surface area contributed by atoms with Crippen molar-refractivity contribution in [2.24, 2.45) is 11.8 Å². The average molecular weight is 1040 g/mol. The number of aliphatic hydroxyl groups excluding tert-OH is 1. The number of rotatable bonds is 20. The number of carboxylic acid groups (broad SMARTS) is 1. The fraction of sp³-hybridized carbons (Fsp3) is 0.481. The number of aromatic nitrogens is 2. The third kappa shape index (κ3) is 16.4. The second kappa shape index (κ2) is 29.1. The molecule has 396 valence electrons. The van der Waals surface area contributed by atoms with E-state index in [4.69, 9.17) is 28.4 Å². The molecule has 6 rings (SSSR count). The molecule has 6 aromatic rings. The van der Waals surface area contributed by atoms with Crippen LogP contribution in [0.3, 0.4) is 0 Å². The van der Waals surface area contributed by atoms with Crippen LogP contribution in [-0.2, 0) is 65.2 Å². The molecule has 2 atom stereocenters. The van der Waals surface area contributed by atoms with Crippen LogP contribution in [-0.4, -0.2) is 52.2 Å². The molecule has 0 radical (unpaired) electrons. The number of esters is 1. The van der Waals surface area contributed by atoms with Gasteiger partial charge in [0.15, 0.2) is 22.6 Å². The van der Waals surface area contributed by atoms with Crippen molar-refractivity contribution in [3.8, 4) is 11.5 Å². The minimum Gasteiger partial charge on any atom is -0.870 e. The van der Waals surface area contributed by atoms with Crippen LogP contribution in [0.25, 0.3) is 21.9 Å². The van der Waals surface area contributed by atoms with Gasteiger partial charge in [0.05, 0.1) is 17.9 Å². The molecule has 19 heteroatoms. The Kier molecular flexibility index (Phi) is 25.5. The summed E-state index contributed by atoms with van der Waals surface area (Å²) in [5.74, 6) is -0.222. The third-order valence-corrected chi connectivity index (χ3v) is 11.3. The summed E-state index contributed by atoms with van der Waals surface area (Å²) in [5, 5.41) is 23.3. The van der Waals surface area contributed by atoms with E-state index in [0.717, 1.165) is 31.1 Å². The Balaban J connectivity index is 0.000000471. The van der Waals surface area contributed by atoms with Gasteiger partial charge in [-0.1, -0.05) is 140 Å². The van der Waals surface area contributed by atoms with E-state index in [-0.39, 0.29) is 62.7 Å². The van der Waals surface area contributed by atoms with Crippen molar-refractivity contribution >= 4 is 33.9 Å². The summed E-state index contributed by atoms with van der Waals surface area (Å²) in [6.45, 7) is 16.1. The van der Waals surface area contributed by atoms with Crippen molar-refractivity contribution in [2.75, 3.05) is 14.2 Å². The van der Waals surface area contributed by atoms with Gasteiger partial charge in [-0.25, -0.2) is 9.59 Å². The minimum atomic E-state index is -4.66. The summed E-state index contributed by atoms with van der Waals surface area (Å²) in [6, 6.07) is 17.6. The minimum absolute atomic E-state index is 0. The molecule has 2 aromatic heterocycles. The van der Waals surface area contributed by atoms with Crippen molar-refractivity contribution in [3.63, 3.8) is 0 Å². The molecular weight excluding hydrogens is 974 g/mol. The van der Waals surface area contributed by atoms with E-state index in [1.54, 1.807) is 12.1 Å². The van der Waals surface area contributed by atoms with E-state index in [9.17, 15) is 41.0 Å². The fourth-order valence-corrected chi connectivity index (χ4v) is 8.39. The maximum atomic E-state index is 13.6. The van der Waals surface area contributed by atoms with Crippen LogP contribution in [0.4, 0.5) is 26.3 Å². The fourth-order valence-electron chi connectivity index (χ4n) is 8.39. The van der Waals surface area contributed by atoms with Gasteiger partial charge in [0.2, 0.25) is 12.2 Å². The maximum absolute atomic E-state index is 13.6. The molecule has 73 heavy (non-hydrogen) atoms. The first-order valence-corrected chi connectivity index (χ1v) is 24.0. The smallest absolute Gasteiger partial charge is 0.870 e. The van der Waals surface area contributed by atoms with Crippen LogP contribution < -0.4 is 39.0 Å². The second-order valence-electron chi connectivity index (χ2n) is 18.0. The Bertz CT molecular complexity index is 2660. The van der Waals surface area contributed by atoms with Crippen LogP contribution in [0, 0.1) is 11.8 Å². The van der Waals surface area contributed by atoms with Gasteiger partial charge < -0.3 is 38.9 Å². The molecule has 0 saturated carbocycles. The number of benzene rings is 4. The largest absolute Gasteiger partial charge is 1.00 e. The molecule has 0 fully saturated rings. The van der Waals surface area contributed by atoms with Crippen LogP contribution >= 0.6 is 0 Å². The Labute approximate surface area is 444 Å². The summed E-state index contributed by atoms with van der Waals surface area (Å²) in [7, 11) is 2.28. The molecule has 3 N–H and O–H groups in total. The molecule has 2 unspecified atom stereocenters. The number of fused-ring (bicyclic) bond motifs is 2. The summed E-state index contributed by atoms with van der Waals surface area (Å²) in [4.78, 5) is 25.0. The number of carbonyl (C=O) groups is 2. The predicted octanol–water partition coefficient (Wildman–Crippen LogP) is 10.8. The number of nitrogens with zero attached hydrogens (tertiary/aromatic N) is 2. The van der Waals surface area contributed by atoms with Gasteiger partial charge in [-0.05, 0) is 84.7 Å². The van der Waals surface area contributed by atoms with Gasteiger partial charge >= 0.3 is 53.8 Å². The summed E-state index contributed by atoms with van der Waals surface area (Å²) in [5.41, 5.74) is 3.12. The average Bonchev–Trinajstić information content (AvgIpc) is 3.95. The van der Waals surface area contributed by atoms with Crippen molar-refractivity contribution < 1.29 is 104 Å². The van der Waals surface area contributed by atoms with Crippen LogP contribution in [0.15, 0.2) is 69.7 Å². The number of ether oxygens (including phenoxy) is 3. The number of halogens is 6. The normalized spacial score (nSPS) is 12.3. The number of hydrogen-bond acceptors (Lipinski definition) is 11. The Morgan fingerprint density at radius 1 is 0.603 bits per heavy atom. The summed E-state index contributed by atoms with van der Waals surface area (Å²) < 4.78 is 109. The first-order chi connectivity index (χ1) is 33.7. The molecular formula is C54H67F6N2NaO10. The van der Waals surface area contributed by atoms with E-state index in [1.165, 1.54) is 19.2 Å². The van der Waals surface area contributed by atoms with Crippen molar-refractivity contribution in [3.05, 3.63) is 117 Å². The molecule has 0 aliphatic rings. The summed E-state index contributed by atoms with van der Waals surface area (Å²) >= 11 is 0. The van der Waals surface area contributed by atoms with E-state index >= 15 is 0 Å². The quantitative estimate of drug-likeness (QED) is 0.0420. The van der Waals surface area contributed by atoms with Crippen molar-refractivity contribution in [2.45, 2.75) is 144 Å². The molecule has 0 aliphatic heterocycles. The number of alkyl halides is 6. The van der Waals surface area contributed by atoms with E-state index in [0.29, 0.717) is 102 Å². The van der Waals surface area contributed by atoms with Gasteiger partial charge in [-0.2, -0.15) is 26.3 Å². The SMILES string of the molecule is CCCc1cc2c(C(F)(F)F)noc2c(CCC)c1OC(C(=O)O)c1ccc(CC(C)C)cc1.CCCc1cc2c(C(F)(F)F)noc2c(CCC)c1OC(C(=O)OC)c1ccc(CC(C)C)cc1.CO.[Na+].[OH-]. The molecule has 2 heterocycles. The van der Waals surface area contributed by atoms with Gasteiger partial charge in [0, 0.05) is 29.4 Å². The number of carbonyl (C=O) groups excluding carboxylic acids is 1. The molecule has 0 bridgehead atoms. The van der Waals surface area contributed by atoms with Crippen LogP contribution in [0.5, 0.6) is 11.5 Å². The van der Waals surface area contributed by atoms with Gasteiger partial charge in [0.25, 0.3) is 0 Å². The van der Waals surface area contributed by atoms with Crippen LogP contribution in [0.2, 0.25) is 0 Å². The zero-order valence-electron chi connectivity index (χ0n) is 43.5. The monoisotopic (exact) mass is 1040 g/mol.